The molecule has 2 unspecified atom stereocenters. The van der Waals surface area contributed by atoms with E-state index in [9.17, 15) is 4.79 Å². The number of hydrogen-bond donors (Lipinski definition) is 2. The number of unbranched alkanes of at least 4 members (excludes halogenated alkanes) is 1. The molecule has 0 aliphatic carbocycles. The molecule has 2 bridgehead atoms. The lowest BCUT2D eigenvalue weighted by molar-refractivity contribution is -0.126. The van der Waals surface area contributed by atoms with Gasteiger partial charge in [0.1, 0.15) is 6.61 Å². The molecule has 98 valence electrons. The lowest BCUT2D eigenvalue weighted by Gasteiger charge is -2.29. The number of amides is 1. The minimum atomic E-state index is 0.0485. The number of piperidine rings is 1. The molecule has 2 saturated heterocycles. The summed E-state index contributed by atoms with van der Waals surface area (Å²) in [5.41, 5.74) is 0. The molecule has 2 fully saturated rings. The number of hydrogen-bond acceptors (Lipinski definition) is 3. The van der Waals surface area contributed by atoms with Gasteiger partial charge < -0.3 is 15.4 Å². The molecule has 2 N–H and O–H groups in total. The first kappa shape index (κ1) is 12.8. The number of fused-ring (bicyclic) bond motifs is 2. The van der Waals surface area contributed by atoms with E-state index in [0.717, 1.165) is 25.7 Å². The van der Waals surface area contributed by atoms with Gasteiger partial charge in [0.15, 0.2) is 0 Å². The molecule has 2 rings (SSSR count). The van der Waals surface area contributed by atoms with Crippen molar-refractivity contribution >= 4 is 5.91 Å². The van der Waals surface area contributed by atoms with E-state index in [1.807, 2.05) is 0 Å². The average Bonchev–Trinajstić information content (AvgIpc) is 2.64. The van der Waals surface area contributed by atoms with E-state index in [-0.39, 0.29) is 12.5 Å². The van der Waals surface area contributed by atoms with Gasteiger partial charge in [-0.25, -0.2) is 0 Å². The third-order valence-corrected chi connectivity index (χ3v) is 3.71. The van der Waals surface area contributed by atoms with Crippen molar-refractivity contribution in [3.8, 4) is 0 Å². The van der Waals surface area contributed by atoms with Crippen LogP contribution in [0.5, 0.6) is 0 Å². The molecule has 4 nitrogen and oxygen atoms in total. The van der Waals surface area contributed by atoms with Crippen LogP contribution >= 0.6 is 0 Å². The summed E-state index contributed by atoms with van der Waals surface area (Å²) in [6, 6.07) is 1.61. The van der Waals surface area contributed by atoms with Gasteiger partial charge in [-0.15, -0.1) is 0 Å². The summed E-state index contributed by atoms with van der Waals surface area (Å²) in [5, 5.41) is 6.66. The van der Waals surface area contributed by atoms with Crippen LogP contribution in [0.3, 0.4) is 0 Å². The van der Waals surface area contributed by atoms with Crippen LogP contribution < -0.4 is 10.6 Å². The van der Waals surface area contributed by atoms with Crippen molar-refractivity contribution in [2.75, 3.05) is 13.2 Å². The Morgan fingerprint density at radius 3 is 2.71 bits per heavy atom. The third kappa shape index (κ3) is 3.96. The predicted molar refractivity (Wildman–Crippen MR) is 66.8 cm³/mol. The van der Waals surface area contributed by atoms with Gasteiger partial charge in [-0.05, 0) is 32.1 Å². The largest absolute Gasteiger partial charge is 0.372 e. The van der Waals surface area contributed by atoms with Crippen molar-refractivity contribution in [1.29, 1.82) is 0 Å². The van der Waals surface area contributed by atoms with E-state index >= 15 is 0 Å². The standard InChI is InChI=1S/C13H24N2O2/c1-2-3-6-17-9-13(16)15-12-7-10-4-5-11(8-12)14-10/h10-12,14H,2-9H2,1H3,(H,15,16). The second-order valence-electron chi connectivity index (χ2n) is 5.28. The van der Waals surface area contributed by atoms with Gasteiger partial charge in [0.2, 0.25) is 5.91 Å². The van der Waals surface area contributed by atoms with Gasteiger partial charge in [-0.3, -0.25) is 4.79 Å². The van der Waals surface area contributed by atoms with E-state index in [4.69, 9.17) is 4.74 Å². The van der Waals surface area contributed by atoms with E-state index in [0.29, 0.717) is 24.7 Å². The van der Waals surface area contributed by atoms with E-state index in [1.165, 1.54) is 12.8 Å². The molecule has 2 atom stereocenters. The number of rotatable bonds is 6. The quantitative estimate of drug-likeness (QED) is 0.686. The molecule has 0 radical (unpaired) electrons. The zero-order chi connectivity index (χ0) is 12.1. The molecule has 2 aliphatic heterocycles. The molecule has 0 aromatic rings. The Morgan fingerprint density at radius 1 is 1.35 bits per heavy atom. The van der Waals surface area contributed by atoms with Crippen LogP contribution in [0.1, 0.15) is 45.4 Å². The molecule has 4 heteroatoms. The Bertz CT molecular complexity index is 246. The maximum atomic E-state index is 11.7. The monoisotopic (exact) mass is 240 g/mol. The fourth-order valence-electron chi connectivity index (χ4n) is 2.86. The van der Waals surface area contributed by atoms with Crippen LogP contribution in [0.4, 0.5) is 0 Å². The van der Waals surface area contributed by atoms with Gasteiger partial charge in [0, 0.05) is 24.7 Å². The van der Waals surface area contributed by atoms with Crippen LogP contribution in [-0.4, -0.2) is 37.2 Å². The SMILES string of the molecule is CCCCOCC(=O)NC1CC2CCC(C1)N2. The molecule has 0 aromatic carbocycles. The summed E-state index contributed by atoms with van der Waals surface area (Å²) in [6.45, 7) is 3.04. The fraction of sp³-hybridized carbons (Fsp3) is 0.923. The molecule has 0 spiro atoms. The lowest BCUT2D eigenvalue weighted by atomic mass is 10.00. The smallest absolute Gasteiger partial charge is 0.246 e. The zero-order valence-electron chi connectivity index (χ0n) is 10.7. The second kappa shape index (κ2) is 6.36. The maximum Gasteiger partial charge on any atom is 0.246 e. The van der Waals surface area contributed by atoms with Gasteiger partial charge in [-0.2, -0.15) is 0 Å². The van der Waals surface area contributed by atoms with Crippen LogP contribution in [0, 0.1) is 0 Å². The molecule has 17 heavy (non-hydrogen) atoms. The van der Waals surface area contributed by atoms with Crippen molar-refractivity contribution in [2.24, 2.45) is 0 Å². The summed E-state index contributed by atoms with van der Waals surface area (Å²) < 4.78 is 5.32. The van der Waals surface area contributed by atoms with Crippen molar-refractivity contribution < 1.29 is 9.53 Å². The Balaban J connectivity index is 1.61. The highest BCUT2D eigenvalue weighted by Crippen LogP contribution is 2.26. The maximum absolute atomic E-state index is 11.7. The van der Waals surface area contributed by atoms with Gasteiger partial charge in [0.25, 0.3) is 0 Å². The van der Waals surface area contributed by atoms with Crippen molar-refractivity contribution in [3.05, 3.63) is 0 Å². The highest BCUT2D eigenvalue weighted by Gasteiger charge is 2.33. The summed E-state index contributed by atoms with van der Waals surface area (Å²) in [6.07, 6.45) is 6.84. The molecule has 0 saturated carbocycles. The Kier molecular flexibility index (Phi) is 4.80. The summed E-state index contributed by atoms with van der Waals surface area (Å²) in [5.74, 6) is 0.0485. The highest BCUT2D eigenvalue weighted by atomic mass is 16.5. The number of carbonyl (C=O) groups excluding carboxylic acids is 1. The zero-order valence-corrected chi connectivity index (χ0v) is 10.7. The lowest BCUT2D eigenvalue weighted by Crippen LogP contribution is -2.48. The molecule has 1 amide bonds. The van der Waals surface area contributed by atoms with Crippen LogP contribution in [0.15, 0.2) is 0 Å². The molecular formula is C13H24N2O2. The summed E-state index contributed by atoms with van der Waals surface area (Å²) in [4.78, 5) is 11.7. The molecular weight excluding hydrogens is 216 g/mol. The highest BCUT2D eigenvalue weighted by molar-refractivity contribution is 5.77. The average molecular weight is 240 g/mol. The minimum absolute atomic E-state index is 0.0485. The number of ether oxygens (including phenoxy) is 1. The molecule has 0 aromatic heterocycles. The van der Waals surface area contributed by atoms with Crippen LogP contribution in [-0.2, 0) is 9.53 Å². The van der Waals surface area contributed by atoms with Crippen LogP contribution in [0.2, 0.25) is 0 Å². The predicted octanol–water partition coefficient (Wildman–Crippen LogP) is 1.20. The Labute approximate surface area is 103 Å². The van der Waals surface area contributed by atoms with Crippen molar-refractivity contribution in [1.82, 2.24) is 10.6 Å². The topological polar surface area (TPSA) is 50.4 Å². The van der Waals surface area contributed by atoms with Gasteiger partial charge in [0.05, 0.1) is 0 Å². The van der Waals surface area contributed by atoms with Crippen molar-refractivity contribution in [2.45, 2.75) is 63.6 Å². The number of carbonyl (C=O) groups is 1. The fourth-order valence-corrected chi connectivity index (χ4v) is 2.86. The molecule has 2 aliphatic rings. The minimum Gasteiger partial charge on any atom is -0.372 e. The van der Waals surface area contributed by atoms with Crippen LogP contribution in [0.25, 0.3) is 0 Å². The summed E-state index contributed by atoms with van der Waals surface area (Å²) in [7, 11) is 0. The number of nitrogens with one attached hydrogen (secondary N) is 2. The summed E-state index contributed by atoms with van der Waals surface area (Å²) >= 11 is 0. The van der Waals surface area contributed by atoms with E-state index < -0.39 is 0 Å². The first-order valence-corrected chi connectivity index (χ1v) is 6.91. The normalized spacial score (nSPS) is 31.5. The van der Waals surface area contributed by atoms with Crippen molar-refractivity contribution in [3.63, 3.8) is 0 Å². The Hall–Kier alpha value is -0.610. The second-order valence-corrected chi connectivity index (χ2v) is 5.28. The first-order chi connectivity index (χ1) is 8.28. The van der Waals surface area contributed by atoms with E-state index in [1.54, 1.807) is 0 Å². The third-order valence-electron chi connectivity index (χ3n) is 3.71. The first-order valence-electron chi connectivity index (χ1n) is 6.91. The Morgan fingerprint density at radius 2 is 2.06 bits per heavy atom. The van der Waals surface area contributed by atoms with Gasteiger partial charge in [-0.1, -0.05) is 13.3 Å². The van der Waals surface area contributed by atoms with Gasteiger partial charge >= 0.3 is 0 Å². The molecule has 2 heterocycles. The van der Waals surface area contributed by atoms with E-state index in [2.05, 4.69) is 17.6 Å².